The van der Waals surface area contributed by atoms with Crippen molar-refractivity contribution in [3.63, 3.8) is 0 Å². The van der Waals surface area contributed by atoms with Crippen LogP contribution in [-0.2, 0) is 18.4 Å². The summed E-state index contributed by atoms with van der Waals surface area (Å²) in [6, 6.07) is 13.9. The lowest BCUT2D eigenvalue weighted by Gasteiger charge is -2.21. The van der Waals surface area contributed by atoms with Crippen LogP contribution in [0, 0.1) is 0 Å². The van der Waals surface area contributed by atoms with Crippen molar-refractivity contribution in [3.8, 4) is 0 Å². The number of nitrogens with one attached hydrogen (secondary N) is 3. The lowest BCUT2D eigenvalue weighted by molar-refractivity contribution is -0.123. The first kappa shape index (κ1) is 18.4. The van der Waals surface area contributed by atoms with E-state index in [1.54, 1.807) is 11.0 Å². The zero-order chi connectivity index (χ0) is 19.3. The van der Waals surface area contributed by atoms with Crippen LogP contribution in [-0.4, -0.2) is 31.3 Å². The highest BCUT2D eigenvalue weighted by molar-refractivity contribution is 5.82. The van der Waals surface area contributed by atoms with E-state index in [0.29, 0.717) is 13.0 Å². The zero-order valence-electron chi connectivity index (χ0n) is 15.8. The van der Waals surface area contributed by atoms with Crippen LogP contribution in [0.1, 0.15) is 36.2 Å². The molecule has 2 aromatic heterocycles. The average molecular weight is 379 g/mol. The standard InChI is InChI=1S/C20H25N7O/c1-26-10-5-8-19(26)17-12-18(25-24-17)20(28)23-16(15-6-3-2-4-7-15)9-11-27-14-21-13-22-27/h2-8,10,13-14,16-18,24-25H,9,11-12H2,1H3,(H,23,28). The lowest BCUT2D eigenvalue weighted by atomic mass is 10.0. The summed E-state index contributed by atoms with van der Waals surface area (Å²) in [5.41, 5.74) is 8.63. The third kappa shape index (κ3) is 4.13. The molecule has 1 saturated heterocycles. The van der Waals surface area contributed by atoms with E-state index in [1.807, 2.05) is 49.6 Å². The fourth-order valence-electron chi connectivity index (χ4n) is 3.65. The molecule has 3 heterocycles. The Morgan fingerprint density at radius 1 is 1.25 bits per heavy atom. The fraction of sp³-hybridized carbons (Fsp3) is 0.350. The van der Waals surface area contributed by atoms with Crippen LogP contribution in [0.2, 0.25) is 0 Å². The van der Waals surface area contributed by atoms with Crippen molar-refractivity contribution in [2.75, 3.05) is 0 Å². The molecule has 3 unspecified atom stereocenters. The van der Waals surface area contributed by atoms with Crippen LogP contribution in [0.3, 0.4) is 0 Å². The van der Waals surface area contributed by atoms with Gasteiger partial charge in [-0.3, -0.25) is 9.48 Å². The molecule has 1 fully saturated rings. The maximum Gasteiger partial charge on any atom is 0.239 e. The van der Waals surface area contributed by atoms with Crippen LogP contribution in [0.15, 0.2) is 61.3 Å². The van der Waals surface area contributed by atoms with Crippen molar-refractivity contribution in [1.82, 2.24) is 35.5 Å². The number of aryl methyl sites for hydroxylation is 2. The number of hydrogen-bond donors (Lipinski definition) is 3. The predicted octanol–water partition coefficient (Wildman–Crippen LogP) is 1.47. The van der Waals surface area contributed by atoms with Crippen LogP contribution in [0.5, 0.6) is 0 Å². The van der Waals surface area contributed by atoms with E-state index < -0.39 is 0 Å². The molecule has 0 radical (unpaired) electrons. The van der Waals surface area contributed by atoms with Gasteiger partial charge in [0.2, 0.25) is 5.91 Å². The van der Waals surface area contributed by atoms with Crippen LogP contribution in [0.25, 0.3) is 0 Å². The summed E-state index contributed by atoms with van der Waals surface area (Å²) in [7, 11) is 2.01. The quantitative estimate of drug-likeness (QED) is 0.579. The van der Waals surface area contributed by atoms with Gasteiger partial charge in [0.25, 0.3) is 0 Å². The molecule has 1 aliphatic heterocycles. The zero-order valence-corrected chi connectivity index (χ0v) is 15.8. The van der Waals surface area contributed by atoms with Crippen molar-refractivity contribution < 1.29 is 4.79 Å². The molecule has 1 aliphatic rings. The number of carbonyl (C=O) groups excluding carboxylic acids is 1. The van der Waals surface area contributed by atoms with Gasteiger partial charge in [-0.15, -0.1) is 0 Å². The Bertz CT molecular complexity index is 890. The number of rotatable bonds is 7. The van der Waals surface area contributed by atoms with Crippen molar-refractivity contribution in [2.45, 2.75) is 37.5 Å². The molecule has 1 aromatic carbocycles. The number of amides is 1. The summed E-state index contributed by atoms with van der Waals surface area (Å²) >= 11 is 0. The number of benzene rings is 1. The molecule has 28 heavy (non-hydrogen) atoms. The molecule has 4 rings (SSSR count). The van der Waals surface area contributed by atoms with Gasteiger partial charge in [0.1, 0.15) is 18.7 Å². The third-order valence-corrected chi connectivity index (χ3v) is 5.19. The van der Waals surface area contributed by atoms with Crippen LogP contribution in [0.4, 0.5) is 0 Å². The summed E-state index contributed by atoms with van der Waals surface area (Å²) < 4.78 is 3.85. The summed E-state index contributed by atoms with van der Waals surface area (Å²) in [4.78, 5) is 16.9. The Hall–Kier alpha value is -2.97. The lowest BCUT2D eigenvalue weighted by Crippen LogP contribution is -2.44. The Kier molecular flexibility index (Phi) is 5.50. The molecular formula is C20H25N7O. The molecule has 3 aromatic rings. The van der Waals surface area contributed by atoms with Gasteiger partial charge in [-0.1, -0.05) is 30.3 Å². The van der Waals surface area contributed by atoms with Gasteiger partial charge in [-0.2, -0.15) is 5.10 Å². The Balaban J connectivity index is 1.41. The molecule has 0 saturated carbocycles. The summed E-state index contributed by atoms with van der Waals surface area (Å²) in [6.07, 6.45) is 6.67. The highest BCUT2D eigenvalue weighted by Gasteiger charge is 2.32. The highest BCUT2D eigenvalue weighted by Crippen LogP contribution is 2.23. The van der Waals surface area contributed by atoms with Gasteiger partial charge in [-0.25, -0.2) is 15.8 Å². The van der Waals surface area contributed by atoms with Gasteiger partial charge in [0.15, 0.2) is 0 Å². The Labute approximate surface area is 163 Å². The molecule has 0 spiro atoms. The van der Waals surface area contributed by atoms with Crippen molar-refractivity contribution in [3.05, 3.63) is 72.6 Å². The van der Waals surface area contributed by atoms with E-state index in [4.69, 9.17) is 0 Å². The van der Waals surface area contributed by atoms with Gasteiger partial charge in [-0.05, 0) is 30.5 Å². The minimum Gasteiger partial charge on any atom is -0.353 e. The summed E-state index contributed by atoms with van der Waals surface area (Å²) in [6.45, 7) is 0.683. The Morgan fingerprint density at radius 3 is 2.82 bits per heavy atom. The molecule has 1 amide bonds. The van der Waals surface area contributed by atoms with Gasteiger partial charge >= 0.3 is 0 Å². The smallest absolute Gasteiger partial charge is 0.239 e. The molecule has 0 bridgehead atoms. The molecule has 8 heteroatoms. The number of hydrogen-bond acceptors (Lipinski definition) is 5. The second kappa shape index (κ2) is 8.37. The minimum atomic E-state index is -0.280. The van der Waals surface area contributed by atoms with Gasteiger partial charge < -0.3 is 9.88 Å². The minimum absolute atomic E-state index is 0.00310. The largest absolute Gasteiger partial charge is 0.353 e. The number of nitrogens with zero attached hydrogens (tertiary/aromatic N) is 4. The molecule has 0 aliphatic carbocycles. The molecular weight excluding hydrogens is 354 g/mol. The monoisotopic (exact) mass is 379 g/mol. The molecule has 8 nitrogen and oxygen atoms in total. The normalized spacial score (nSPS) is 20.2. The molecule has 3 atom stereocenters. The second-order valence-electron chi connectivity index (χ2n) is 7.09. The van der Waals surface area contributed by atoms with E-state index in [1.165, 1.54) is 6.33 Å². The van der Waals surface area contributed by atoms with E-state index in [2.05, 4.69) is 36.9 Å². The first-order chi connectivity index (χ1) is 13.7. The average Bonchev–Trinajstić information content (AvgIpc) is 3.47. The first-order valence-corrected chi connectivity index (χ1v) is 9.50. The summed E-state index contributed by atoms with van der Waals surface area (Å²) in [5, 5.41) is 7.36. The van der Waals surface area contributed by atoms with Crippen LogP contribution >= 0.6 is 0 Å². The van der Waals surface area contributed by atoms with E-state index in [9.17, 15) is 4.79 Å². The highest BCUT2D eigenvalue weighted by atomic mass is 16.2. The Morgan fingerprint density at radius 2 is 2.11 bits per heavy atom. The topological polar surface area (TPSA) is 88.8 Å². The van der Waals surface area contributed by atoms with Crippen LogP contribution < -0.4 is 16.2 Å². The van der Waals surface area contributed by atoms with E-state index >= 15 is 0 Å². The maximum absolute atomic E-state index is 12.9. The number of hydrazine groups is 1. The first-order valence-electron chi connectivity index (χ1n) is 9.50. The van der Waals surface area contributed by atoms with Gasteiger partial charge in [0, 0.05) is 25.5 Å². The second-order valence-corrected chi connectivity index (χ2v) is 7.09. The van der Waals surface area contributed by atoms with E-state index in [-0.39, 0.29) is 24.0 Å². The van der Waals surface area contributed by atoms with Crippen molar-refractivity contribution in [1.29, 1.82) is 0 Å². The number of aromatic nitrogens is 4. The molecule has 3 N–H and O–H groups in total. The van der Waals surface area contributed by atoms with Gasteiger partial charge in [0.05, 0.1) is 12.1 Å². The van der Waals surface area contributed by atoms with E-state index in [0.717, 1.165) is 17.7 Å². The maximum atomic E-state index is 12.9. The number of carbonyl (C=O) groups is 1. The molecule has 146 valence electrons. The third-order valence-electron chi connectivity index (χ3n) is 5.19. The van der Waals surface area contributed by atoms with Crippen molar-refractivity contribution in [2.24, 2.45) is 7.05 Å². The SMILES string of the molecule is Cn1cccc1C1CC(C(=O)NC(CCn2cncn2)c2ccccc2)NN1. The summed E-state index contributed by atoms with van der Waals surface area (Å²) in [5.74, 6) is -0.00310. The van der Waals surface area contributed by atoms with Crippen molar-refractivity contribution >= 4 is 5.91 Å². The fourth-order valence-corrected chi connectivity index (χ4v) is 3.65. The predicted molar refractivity (Wildman–Crippen MR) is 105 cm³/mol.